The summed E-state index contributed by atoms with van der Waals surface area (Å²) in [5.41, 5.74) is 2.41. The van der Waals surface area contributed by atoms with Gasteiger partial charge in [0.1, 0.15) is 0 Å². The molecule has 26 heavy (non-hydrogen) atoms. The predicted octanol–water partition coefficient (Wildman–Crippen LogP) is 2.70. The van der Waals surface area contributed by atoms with Crippen molar-refractivity contribution in [2.45, 2.75) is 38.5 Å². The number of benzene rings is 1. The first-order chi connectivity index (χ1) is 12.4. The molecule has 0 aromatic heterocycles. The largest absolute Gasteiger partial charge is 0.296 e. The van der Waals surface area contributed by atoms with E-state index in [9.17, 15) is 13.2 Å². The van der Waals surface area contributed by atoms with Gasteiger partial charge in [0, 0.05) is 18.7 Å². The topological polar surface area (TPSA) is 57.7 Å². The van der Waals surface area contributed by atoms with E-state index in [2.05, 4.69) is 4.90 Å². The lowest BCUT2D eigenvalue weighted by Crippen LogP contribution is -2.43. The molecule has 142 valence electrons. The lowest BCUT2D eigenvalue weighted by atomic mass is 9.75. The molecule has 2 fully saturated rings. The van der Waals surface area contributed by atoms with Crippen LogP contribution in [0.25, 0.3) is 0 Å². The standard InChI is InChI=1S/C20H28N2O3S/c1-26(24,25)22-11-9-16-12-17(6-7-19(16)22)20(23)14-21-10-8-15-4-2-3-5-18(15)13-21/h6-7,12,15,18H,2-5,8-11,13-14H2,1H3. The van der Waals surface area contributed by atoms with Crippen LogP contribution < -0.4 is 4.31 Å². The summed E-state index contributed by atoms with van der Waals surface area (Å²) in [6, 6.07) is 5.48. The van der Waals surface area contributed by atoms with E-state index in [-0.39, 0.29) is 5.78 Å². The van der Waals surface area contributed by atoms with Gasteiger partial charge in [-0.2, -0.15) is 0 Å². The maximum Gasteiger partial charge on any atom is 0.232 e. The van der Waals surface area contributed by atoms with E-state index in [4.69, 9.17) is 0 Å². The molecular weight excluding hydrogens is 348 g/mol. The molecule has 0 radical (unpaired) electrons. The SMILES string of the molecule is CS(=O)(=O)N1CCc2cc(C(=O)CN3CCC4CCCCC4C3)ccc21. The number of fused-ring (bicyclic) bond motifs is 2. The molecule has 3 aliphatic rings. The highest BCUT2D eigenvalue weighted by Crippen LogP contribution is 2.36. The van der Waals surface area contributed by atoms with E-state index >= 15 is 0 Å². The third-order valence-electron chi connectivity index (χ3n) is 6.40. The molecule has 5 nitrogen and oxygen atoms in total. The fourth-order valence-electron chi connectivity index (χ4n) is 5.00. The Morgan fingerprint density at radius 3 is 2.65 bits per heavy atom. The van der Waals surface area contributed by atoms with Gasteiger partial charge in [-0.15, -0.1) is 0 Å². The Balaban J connectivity index is 1.43. The summed E-state index contributed by atoms with van der Waals surface area (Å²) in [5, 5.41) is 0. The van der Waals surface area contributed by atoms with Crippen molar-refractivity contribution in [3.05, 3.63) is 29.3 Å². The molecular formula is C20H28N2O3S. The zero-order valence-corrected chi connectivity index (χ0v) is 16.3. The summed E-state index contributed by atoms with van der Waals surface area (Å²) in [5.74, 6) is 1.80. The van der Waals surface area contributed by atoms with Crippen LogP contribution in [0.15, 0.2) is 18.2 Å². The highest BCUT2D eigenvalue weighted by molar-refractivity contribution is 7.92. The molecule has 1 aliphatic carbocycles. The van der Waals surface area contributed by atoms with Crippen molar-refractivity contribution >= 4 is 21.5 Å². The Labute approximate surface area is 156 Å². The lowest BCUT2D eigenvalue weighted by molar-refractivity contribution is 0.0713. The summed E-state index contributed by atoms with van der Waals surface area (Å²) in [6.45, 7) is 3.04. The fraction of sp³-hybridized carbons (Fsp3) is 0.650. The first-order valence-electron chi connectivity index (χ1n) is 9.78. The average Bonchev–Trinajstić information content (AvgIpc) is 3.05. The monoisotopic (exact) mass is 376 g/mol. The van der Waals surface area contributed by atoms with Gasteiger partial charge in [-0.3, -0.25) is 14.0 Å². The quantitative estimate of drug-likeness (QED) is 0.758. The second-order valence-electron chi connectivity index (χ2n) is 8.18. The number of Topliss-reactive ketones (excluding diaryl/α,β-unsaturated/α-hetero) is 1. The smallest absolute Gasteiger partial charge is 0.232 e. The number of nitrogens with zero attached hydrogens (tertiary/aromatic N) is 2. The van der Waals surface area contributed by atoms with E-state index in [1.54, 1.807) is 12.1 Å². The summed E-state index contributed by atoms with van der Waals surface area (Å²) >= 11 is 0. The number of piperidine rings is 1. The van der Waals surface area contributed by atoms with Crippen LogP contribution in [-0.4, -0.2) is 51.5 Å². The lowest BCUT2D eigenvalue weighted by Gasteiger charge is -2.41. The van der Waals surface area contributed by atoms with Crippen molar-refractivity contribution < 1.29 is 13.2 Å². The summed E-state index contributed by atoms with van der Waals surface area (Å²) in [6.07, 6.45) is 8.53. The van der Waals surface area contributed by atoms with Crippen LogP contribution in [0, 0.1) is 11.8 Å². The summed E-state index contributed by atoms with van der Waals surface area (Å²) in [7, 11) is -3.24. The Morgan fingerprint density at radius 1 is 1.12 bits per heavy atom. The third kappa shape index (κ3) is 3.54. The number of hydrogen-bond acceptors (Lipinski definition) is 4. The van der Waals surface area contributed by atoms with Crippen molar-refractivity contribution in [3.8, 4) is 0 Å². The molecule has 0 spiro atoms. The number of carbonyl (C=O) groups excluding carboxylic acids is 1. The molecule has 1 aromatic rings. The number of likely N-dealkylation sites (tertiary alicyclic amines) is 1. The van der Waals surface area contributed by atoms with E-state index in [0.717, 1.165) is 36.2 Å². The van der Waals surface area contributed by atoms with Gasteiger partial charge in [-0.1, -0.05) is 19.3 Å². The molecule has 0 N–H and O–H groups in total. The first kappa shape index (κ1) is 18.0. The first-order valence-corrected chi connectivity index (χ1v) is 11.6. The summed E-state index contributed by atoms with van der Waals surface area (Å²) < 4.78 is 25.1. The van der Waals surface area contributed by atoms with Gasteiger partial charge in [-0.25, -0.2) is 8.42 Å². The molecule has 2 unspecified atom stereocenters. The highest BCUT2D eigenvalue weighted by atomic mass is 32.2. The van der Waals surface area contributed by atoms with Crippen LogP contribution in [0.2, 0.25) is 0 Å². The molecule has 0 amide bonds. The van der Waals surface area contributed by atoms with Crippen LogP contribution in [0.5, 0.6) is 0 Å². The second-order valence-corrected chi connectivity index (χ2v) is 10.1. The van der Waals surface area contributed by atoms with Crippen molar-refractivity contribution in [1.82, 2.24) is 4.90 Å². The van der Waals surface area contributed by atoms with Crippen LogP contribution in [0.4, 0.5) is 5.69 Å². The van der Waals surface area contributed by atoms with E-state index in [0.29, 0.717) is 25.1 Å². The molecule has 2 atom stereocenters. The zero-order chi connectivity index (χ0) is 18.3. The van der Waals surface area contributed by atoms with Gasteiger partial charge in [0.15, 0.2) is 5.78 Å². The third-order valence-corrected chi connectivity index (χ3v) is 7.58. The van der Waals surface area contributed by atoms with Crippen LogP contribution >= 0.6 is 0 Å². The van der Waals surface area contributed by atoms with Gasteiger partial charge >= 0.3 is 0 Å². The number of hydrogen-bond donors (Lipinski definition) is 0. The van der Waals surface area contributed by atoms with Gasteiger partial charge in [-0.05, 0) is 61.4 Å². The Kier molecular flexibility index (Phi) is 4.82. The van der Waals surface area contributed by atoms with E-state index < -0.39 is 10.0 Å². The number of rotatable bonds is 4. The van der Waals surface area contributed by atoms with Crippen molar-refractivity contribution in [1.29, 1.82) is 0 Å². The molecule has 1 aromatic carbocycles. The number of ketones is 1. The maximum atomic E-state index is 12.8. The zero-order valence-electron chi connectivity index (χ0n) is 15.5. The Morgan fingerprint density at radius 2 is 1.88 bits per heavy atom. The van der Waals surface area contributed by atoms with Crippen LogP contribution in [0.3, 0.4) is 0 Å². The molecule has 2 heterocycles. The average molecular weight is 377 g/mol. The molecule has 2 aliphatic heterocycles. The molecule has 1 saturated carbocycles. The molecule has 1 saturated heterocycles. The van der Waals surface area contributed by atoms with Crippen molar-refractivity contribution in [3.63, 3.8) is 0 Å². The summed E-state index contributed by atoms with van der Waals surface area (Å²) in [4.78, 5) is 15.1. The Bertz CT molecular complexity index is 805. The van der Waals surface area contributed by atoms with Crippen LogP contribution in [-0.2, 0) is 16.4 Å². The predicted molar refractivity (Wildman–Crippen MR) is 103 cm³/mol. The Hall–Kier alpha value is -1.40. The molecule has 6 heteroatoms. The van der Waals surface area contributed by atoms with Crippen LogP contribution in [0.1, 0.15) is 48.0 Å². The minimum Gasteiger partial charge on any atom is -0.296 e. The van der Waals surface area contributed by atoms with Gasteiger partial charge in [0.25, 0.3) is 0 Å². The van der Waals surface area contributed by atoms with Gasteiger partial charge in [0.05, 0.1) is 18.5 Å². The molecule has 4 rings (SSSR count). The number of sulfonamides is 1. The van der Waals surface area contributed by atoms with E-state index in [1.165, 1.54) is 42.7 Å². The van der Waals surface area contributed by atoms with Gasteiger partial charge in [0.2, 0.25) is 10.0 Å². The molecule has 0 bridgehead atoms. The fourth-order valence-corrected chi connectivity index (χ4v) is 5.96. The maximum absolute atomic E-state index is 12.8. The van der Waals surface area contributed by atoms with E-state index in [1.807, 2.05) is 6.07 Å². The normalized spacial score (nSPS) is 26.4. The van der Waals surface area contributed by atoms with Crippen molar-refractivity contribution in [2.24, 2.45) is 11.8 Å². The number of carbonyl (C=O) groups is 1. The second kappa shape index (κ2) is 6.97. The van der Waals surface area contributed by atoms with Gasteiger partial charge < -0.3 is 0 Å². The minimum atomic E-state index is -3.24. The number of anilines is 1. The minimum absolute atomic E-state index is 0.153. The van der Waals surface area contributed by atoms with Crippen molar-refractivity contribution in [2.75, 3.05) is 36.7 Å². The highest BCUT2D eigenvalue weighted by Gasteiger charge is 2.32.